The molecule has 3 aromatic rings. The minimum Gasteiger partial charge on any atom is -0.339 e. The Kier molecular flexibility index (Phi) is 4.18. The summed E-state index contributed by atoms with van der Waals surface area (Å²) >= 11 is 0. The number of rotatable bonds is 2. The van der Waals surface area contributed by atoms with Crippen LogP contribution in [0.2, 0.25) is 0 Å². The van der Waals surface area contributed by atoms with E-state index in [9.17, 15) is 9.18 Å². The number of halogens is 1. The monoisotopic (exact) mass is 352 g/mol. The Hall–Kier alpha value is -2.76. The van der Waals surface area contributed by atoms with Gasteiger partial charge in [-0.15, -0.1) is 0 Å². The summed E-state index contributed by atoms with van der Waals surface area (Å²) in [5.74, 6) is 0.279. The highest BCUT2D eigenvalue weighted by atomic mass is 19.1. The average molecular weight is 352 g/mol. The number of amides is 1. The van der Waals surface area contributed by atoms with E-state index in [1.165, 1.54) is 10.7 Å². The standard InChI is InChI=1S/C20H21FN4O/c1-13-7-9-24(10-8-13)20(26)15-11-14(2)23-19-16(15)12-22-25(19)18-6-4-3-5-17(18)21/h3-6,11-13H,7-10H2,1-2H3. The summed E-state index contributed by atoms with van der Waals surface area (Å²) < 4.78 is 15.7. The summed E-state index contributed by atoms with van der Waals surface area (Å²) in [6.45, 7) is 5.59. The molecule has 0 unspecified atom stereocenters. The molecule has 0 bridgehead atoms. The van der Waals surface area contributed by atoms with Crippen LogP contribution in [0, 0.1) is 18.7 Å². The van der Waals surface area contributed by atoms with E-state index < -0.39 is 0 Å². The first kappa shape index (κ1) is 16.7. The molecule has 0 saturated carbocycles. The molecule has 26 heavy (non-hydrogen) atoms. The van der Waals surface area contributed by atoms with Crippen molar-refractivity contribution in [1.82, 2.24) is 19.7 Å². The zero-order chi connectivity index (χ0) is 18.3. The van der Waals surface area contributed by atoms with Gasteiger partial charge >= 0.3 is 0 Å². The molecule has 1 saturated heterocycles. The predicted octanol–water partition coefficient (Wildman–Crippen LogP) is 3.74. The minimum atomic E-state index is -0.376. The molecule has 134 valence electrons. The normalized spacial score (nSPS) is 15.6. The van der Waals surface area contributed by atoms with Gasteiger partial charge in [0.25, 0.3) is 5.91 Å². The number of nitrogens with zero attached hydrogens (tertiary/aromatic N) is 4. The average Bonchev–Trinajstić information content (AvgIpc) is 3.05. The molecule has 4 rings (SSSR count). The highest BCUT2D eigenvalue weighted by Gasteiger charge is 2.24. The highest BCUT2D eigenvalue weighted by molar-refractivity contribution is 6.05. The maximum atomic E-state index is 14.2. The number of hydrogen-bond acceptors (Lipinski definition) is 3. The van der Waals surface area contributed by atoms with Gasteiger partial charge in [-0.1, -0.05) is 19.1 Å². The molecule has 1 aromatic carbocycles. The first-order valence-corrected chi connectivity index (χ1v) is 8.94. The molecule has 0 radical (unpaired) electrons. The molecule has 0 spiro atoms. The van der Waals surface area contributed by atoms with Gasteiger partial charge in [0.2, 0.25) is 0 Å². The van der Waals surface area contributed by atoms with Crippen LogP contribution in [0.3, 0.4) is 0 Å². The number of aromatic nitrogens is 3. The van der Waals surface area contributed by atoms with Crippen molar-refractivity contribution in [3.05, 3.63) is 53.6 Å². The van der Waals surface area contributed by atoms with E-state index in [4.69, 9.17) is 0 Å². The van der Waals surface area contributed by atoms with Gasteiger partial charge in [0.05, 0.1) is 17.1 Å². The van der Waals surface area contributed by atoms with Crippen LogP contribution < -0.4 is 0 Å². The van der Waals surface area contributed by atoms with Crippen molar-refractivity contribution in [3.8, 4) is 5.69 Å². The number of carbonyl (C=O) groups excluding carboxylic acids is 1. The van der Waals surface area contributed by atoms with Gasteiger partial charge in [-0.25, -0.2) is 14.1 Å². The van der Waals surface area contributed by atoms with Crippen LogP contribution in [0.1, 0.15) is 35.8 Å². The number of piperidine rings is 1. The molecular formula is C20H21FN4O. The number of para-hydroxylation sites is 1. The number of hydrogen-bond donors (Lipinski definition) is 0. The molecule has 2 aromatic heterocycles. The number of aryl methyl sites for hydroxylation is 1. The smallest absolute Gasteiger partial charge is 0.254 e. The molecule has 0 aliphatic carbocycles. The summed E-state index contributed by atoms with van der Waals surface area (Å²) in [7, 11) is 0. The predicted molar refractivity (Wildman–Crippen MR) is 97.9 cm³/mol. The van der Waals surface area contributed by atoms with Gasteiger partial charge < -0.3 is 4.90 Å². The first-order chi connectivity index (χ1) is 12.5. The zero-order valence-corrected chi connectivity index (χ0v) is 14.9. The summed E-state index contributed by atoms with van der Waals surface area (Å²) in [5, 5.41) is 4.97. The molecule has 3 heterocycles. The van der Waals surface area contributed by atoms with E-state index >= 15 is 0 Å². The van der Waals surface area contributed by atoms with Crippen LogP contribution in [-0.2, 0) is 0 Å². The van der Waals surface area contributed by atoms with E-state index in [1.807, 2.05) is 11.8 Å². The van der Waals surface area contributed by atoms with Crippen molar-refractivity contribution in [3.63, 3.8) is 0 Å². The van der Waals surface area contributed by atoms with Crippen LogP contribution in [0.15, 0.2) is 36.5 Å². The van der Waals surface area contributed by atoms with Crippen LogP contribution in [-0.4, -0.2) is 38.7 Å². The van der Waals surface area contributed by atoms with Crippen molar-refractivity contribution in [1.29, 1.82) is 0 Å². The Morgan fingerprint density at radius 2 is 1.96 bits per heavy atom. The Morgan fingerprint density at radius 1 is 1.23 bits per heavy atom. The largest absolute Gasteiger partial charge is 0.339 e. The Morgan fingerprint density at radius 3 is 2.69 bits per heavy atom. The van der Waals surface area contributed by atoms with Crippen molar-refractivity contribution in [2.45, 2.75) is 26.7 Å². The molecular weight excluding hydrogens is 331 g/mol. The maximum Gasteiger partial charge on any atom is 0.254 e. The van der Waals surface area contributed by atoms with E-state index in [0.29, 0.717) is 33.9 Å². The fourth-order valence-corrected chi connectivity index (χ4v) is 3.48. The molecule has 1 aliphatic heterocycles. The van der Waals surface area contributed by atoms with E-state index in [1.54, 1.807) is 30.5 Å². The van der Waals surface area contributed by atoms with E-state index in [0.717, 1.165) is 25.9 Å². The SMILES string of the molecule is Cc1cc(C(=O)N2CCC(C)CC2)c2cnn(-c3ccccc3F)c2n1. The van der Waals surface area contributed by atoms with Crippen LogP contribution in [0.5, 0.6) is 0 Å². The highest BCUT2D eigenvalue weighted by Crippen LogP contribution is 2.25. The second kappa shape index (κ2) is 6.52. The molecule has 6 heteroatoms. The zero-order valence-electron chi connectivity index (χ0n) is 14.9. The quantitative estimate of drug-likeness (QED) is 0.706. The summed E-state index contributed by atoms with van der Waals surface area (Å²) in [4.78, 5) is 19.5. The van der Waals surface area contributed by atoms with Crippen molar-refractivity contribution >= 4 is 16.9 Å². The Labute approximate surface area is 151 Å². The number of likely N-dealkylation sites (tertiary alicyclic amines) is 1. The topological polar surface area (TPSA) is 51.0 Å². The number of pyridine rings is 1. The lowest BCUT2D eigenvalue weighted by Gasteiger charge is -2.30. The van der Waals surface area contributed by atoms with Crippen molar-refractivity contribution < 1.29 is 9.18 Å². The number of benzene rings is 1. The van der Waals surface area contributed by atoms with Gasteiger partial charge in [0.1, 0.15) is 11.5 Å². The summed E-state index contributed by atoms with van der Waals surface area (Å²) in [6, 6.07) is 8.23. The van der Waals surface area contributed by atoms with Gasteiger partial charge in [0.15, 0.2) is 5.65 Å². The van der Waals surface area contributed by atoms with Crippen LogP contribution in [0.25, 0.3) is 16.7 Å². The van der Waals surface area contributed by atoms with E-state index in [2.05, 4.69) is 17.0 Å². The fraction of sp³-hybridized carbons (Fsp3) is 0.350. The molecule has 5 nitrogen and oxygen atoms in total. The summed E-state index contributed by atoms with van der Waals surface area (Å²) in [6.07, 6.45) is 3.65. The van der Waals surface area contributed by atoms with Crippen molar-refractivity contribution in [2.75, 3.05) is 13.1 Å². The van der Waals surface area contributed by atoms with E-state index in [-0.39, 0.29) is 11.7 Å². The first-order valence-electron chi connectivity index (χ1n) is 8.94. The fourth-order valence-electron chi connectivity index (χ4n) is 3.48. The van der Waals surface area contributed by atoms with Crippen molar-refractivity contribution in [2.24, 2.45) is 5.92 Å². The van der Waals surface area contributed by atoms with Gasteiger partial charge in [0, 0.05) is 18.8 Å². The molecule has 1 amide bonds. The van der Waals surface area contributed by atoms with Gasteiger partial charge in [-0.2, -0.15) is 5.10 Å². The second-order valence-electron chi connectivity index (χ2n) is 7.03. The third-order valence-corrected chi connectivity index (χ3v) is 5.05. The van der Waals surface area contributed by atoms with Crippen LogP contribution in [0.4, 0.5) is 4.39 Å². The lowest BCUT2D eigenvalue weighted by molar-refractivity contribution is 0.0699. The molecule has 1 aliphatic rings. The number of fused-ring (bicyclic) bond motifs is 1. The maximum absolute atomic E-state index is 14.2. The Balaban J connectivity index is 1.80. The van der Waals surface area contributed by atoms with Crippen LogP contribution >= 0.6 is 0 Å². The van der Waals surface area contributed by atoms with Gasteiger partial charge in [-0.3, -0.25) is 4.79 Å². The lowest BCUT2D eigenvalue weighted by atomic mass is 9.98. The molecule has 1 fully saturated rings. The van der Waals surface area contributed by atoms with Gasteiger partial charge in [-0.05, 0) is 43.9 Å². The number of carbonyl (C=O) groups is 1. The Bertz CT molecular complexity index is 973. The molecule has 0 N–H and O–H groups in total. The second-order valence-corrected chi connectivity index (χ2v) is 7.03. The lowest BCUT2D eigenvalue weighted by Crippen LogP contribution is -2.38. The minimum absolute atomic E-state index is 0.000448. The summed E-state index contributed by atoms with van der Waals surface area (Å²) in [5.41, 5.74) is 2.13. The molecule has 0 atom stereocenters. The third-order valence-electron chi connectivity index (χ3n) is 5.05. The third kappa shape index (κ3) is 2.85.